The Kier molecular flexibility index (Phi) is 6.29. The minimum absolute atomic E-state index is 0.00990. The van der Waals surface area contributed by atoms with Gasteiger partial charge < -0.3 is 14.7 Å². The molecular formula is C30H38ClN7O2. The topological polar surface area (TPSA) is 90.4 Å². The third kappa shape index (κ3) is 3.96. The Morgan fingerprint density at radius 3 is 2.55 bits per heavy atom. The van der Waals surface area contributed by atoms with Gasteiger partial charge in [-0.3, -0.25) is 19.4 Å². The Morgan fingerprint density at radius 1 is 1.18 bits per heavy atom. The molecule has 0 radical (unpaired) electrons. The number of H-pyrrole nitrogens is 1. The molecule has 3 aromatic rings. The van der Waals surface area contributed by atoms with Crippen molar-refractivity contribution in [2.45, 2.75) is 65.5 Å². The number of aryl methyl sites for hydroxylation is 1. The number of nitrogens with zero attached hydrogens (tertiary/aromatic N) is 6. The molecule has 2 aliphatic heterocycles. The number of carbonyl (C=O) groups excluding carboxylic acids is 2. The van der Waals surface area contributed by atoms with Gasteiger partial charge in [-0.15, -0.1) is 0 Å². The van der Waals surface area contributed by atoms with E-state index < -0.39 is 0 Å². The molecule has 212 valence electrons. The Labute approximate surface area is 240 Å². The van der Waals surface area contributed by atoms with Gasteiger partial charge in [-0.2, -0.15) is 10.2 Å². The molecule has 1 aliphatic carbocycles. The van der Waals surface area contributed by atoms with Crippen LogP contribution in [0.2, 0.25) is 5.02 Å². The van der Waals surface area contributed by atoms with Crippen molar-refractivity contribution in [2.24, 2.45) is 5.41 Å². The number of halogens is 1. The van der Waals surface area contributed by atoms with Gasteiger partial charge in [-0.25, -0.2) is 0 Å². The summed E-state index contributed by atoms with van der Waals surface area (Å²) in [6, 6.07) is 2.29. The van der Waals surface area contributed by atoms with Crippen molar-refractivity contribution in [1.82, 2.24) is 29.8 Å². The molecule has 0 bridgehead atoms. The highest BCUT2D eigenvalue weighted by atomic mass is 35.5. The lowest BCUT2D eigenvalue weighted by atomic mass is 9.60. The number of carbonyl (C=O) groups is 2. The molecular weight excluding hydrogens is 526 g/mol. The standard InChI is InChI=1S/C30H38ClN7O2/c1-7-24(40)36-16-30(17-36)12-21(13-30)38-19(4)25(26-22-14-32-33-23(22)11-18(3)27(26)31)28(34-38)37-10-9-35(20(5)39)15-29(37,6)8-2/h7,11,14,21H,1,8-10,12-13,15-17H2,2-6H3,(H,32,33)/t29-/m0/s1. The fraction of sp³-hybridized carbons (Fsp3) is 0.533. The lowest BCUT2D eigenvalue weighted by molar-refractivity contribution is -0.149. The van der Waals surface area contributed by atoms with Crippen molar-refractivity contribution in [1.29, 1.82) is 0 Å². The van der Waals surface area contributed by atoms with Crippen LogP contribution in [-0.2, 0) is 9.59 Å². The number of anilines is 1. The molecule has 1 N–H and O–H groups in total. The number of hydrogen-bond acceptors (Lipinski definition) is 5. The van der Waals surface area contributed by atoms with Crippen molar-refractivity contribution >= 4 is 40.1 Å². The van der Waals surface area contributed by atoms with Gasteiger partial charge in [0.15, 0.2) is 5.82 Å². The van der Waals surface area contributed by atoms with Crippen molar-refractivity contribution in [2.75, 3.05) is 37.6 Å². The third-order valence-corrected chi connectivity index (χ3v) is 10.2. The van der Waals surface area contributed by atoms with Crippen LogP contribution in [-0.4, -0.2) is 79.9 Å². The number of hydrogen-bond donors (Lipinski definition) is 1. The molecule has 9 nitrogen and oxygen atoms in total. The molecule has 2 saturated heterocycles. The Bertz CT molecular complexity index is 1530. The predicted octanol–water partition coefficient (Wildman–Crippen LogP) is 4.88. The van der Waals surface area contributed by atoms with Gasteiger partial charge >= 0.3 is 0 Å². The molecule has 2 amide bonds. The van der Waals surface area contributed by atoms with Gasteiger partial charge in [0.05, 0.1) is 28.3 Å². The maximum Gasteiger partial charge on any atom is 0.245 e. The van der Waals surface area contributed by atoms with E-state index >= 15 is 0 Å². The van der Waals surface area contributed by atoms with Crippen LogP contribution in [0.15, 0.2) is 24.9 Å². The number of amides is 2. The average Bonchev–Trinajstić information content (AvgIpc) is 3.47. The second-order valence-corrected chi connectivity index (χ2v) is 12.7. The number of aromatic amines is 1. The van der Waals surface area contributed by atoms with E-state index in [-0.39, 0.29) is 28.8 Å². The molecule has 1 spiro atoms. The first-order valence-electron chi connectivity index (χ1n) is 14.2. The van der Waals surface area contributed by atoms with E-state index in [0.29, 0.717) is 24.7 Å². The maximum absolute atomic E-state index is 12.3. The number of piperazine rings is 1. The second-order valence-electron chi connectivity index (χ2n) is 12.3. The minimum Gasteiger partial charge on any atom is -0.346 e. The van der Waals surface area contributed by atoms with Gasteiger partial charge in [0, 0.05) is 67.3 Å². The van der Waals surface area contributed by atoms with Crippen molar-refractivity contribution < 1.29 is 9.59 Å². The molecule has 10 heteroatoms. The van der Waals surface area contributed by atoms with E-state index in [1.807, 2.05) is 29.0 Å². The van der Waals surface area contributed by atoms with E-state index in [2.05, 4.69) is 47.1 Å². The van der Waals surface area contributed by atoms with E-state index in [4.69, 9.17) is 16.7 Å². The summed E-state index contributed by atoms with van der Waals surface area (Å²) in [5.74, 6) is 1.03. The zero-order valence-electron chi connectivity index (χ0n) is 24.1. The molecule has 3 aliphatic rings. The quantitative estimate of drug-likeness (QED) is 0.447. The molecule has 1 aromatic carbocycles. The van der Waals surface area contributed by atoms with Crippen molar-refractivity contribution in [3.8, 4) is 11.1 Å². The van der Waals surface area contributed by atoms with Crippen LogP contribution in [0.3, 0.4) is 0 Å². The first-order valence-corrected chi connectivity index (χ1v) is 14.5. The van der Waals surface area contributed by atoms with E-state index in [1.54, 1.807) is 6.92 Å². The van der Waals surface area contributed by atoms with E-state index in [9.17, 15) is 9.59 Å². The summed E-state index contributed by atoms with van der Waals surface area (Å²) in [6.45, 7) is 17.4. The summed E-state index contributed by atoms with van der Waals surface area (Å²) in [5, 5.41) is 14.5. The highest BCUT2D eigenvalue weighted by molar-refractivity contribution is 6.36. The highest BCUT2D eigenvalue weighted by Gasteiger charge is 2.54. The Balaban J connectivity index is 1.45. The molecule has 4 heterocycles. The number of benzene rings is 1. The molecule has 3 fully saturated rings. The predicted molar refractivity (Wildman–Crippen MR) is 158 cm³/mol. The second kappa shape index (κ2) is 9.36. The first kappa shape index (κ1) is 26.9. The molecule has 2 aromatic heterocycles. The SMILES string of the molecule is C=CC(=O)N1CC2(CC(n3nc(N4CCN(C(C)=O)C[C@]4(C)CC)c(-c4c(Cl)c(C)cc5[nH]ncc45)c3C)C2)C1. The normalized spacial score (nSPS) is 22.5. The summed E-state index contributed by atoms with van der Waals surface area (Å²) in [7, 11) is 0. The maximum atomic E-state index is 12.3. The number of fused-ring (bicyclic) bond motifs is 1. The van der Waals surface area contributed by atoms with E-state index in [1.165, 1.54) is 6.08 Å². The average molecular weight is 564 g/mol. The summed E-state index contributed by atoms with van der Waals surface area (Å²) < 4.78 is 2.20. The zero-order chi connectivity index (χ0) is 28.6. The van der Waals surface area contributed by atoms with E-state index in [0.717, 1.165) is 71.5 Å². The summed E-state index contributed by atoms with van der Waals surface area (Å²) in [5.41, 5.74) is 4.89. The number of likely N-dealkylation sites (tertiary alicyclic amines) is 1. The molecule has 40 heavy (non-hydrogen) atoms. The Hall–Kier alpha value is -3.33. The molecule has 1 saturated carbocycles. The number of aromatic nitrogens is 4. The number of rotatable bonds is 5. The van der Waals surface area contributed by atoms with Crippen LogP contribution in [0, 0.1) is 19.3 Å². The fourth-order valence-corrected chi connectivity index (χ4v) is 7.46. The van der Waals surface area contributed by atoms with Gasteiger partial charge in [0.1, 0.15) is 0 Å². The van der Waals surface area contributed by atoms with Crippen LogP contribution in [0.4, 0.5) is 5.82 Å². The molecule has 1 atom stereocenters. The highest BCUT2D eigenvalue weighted by Crippen LogP contribution is 2.56. The smallest absolute Gasteiger partial charge is 0.245 e. The van der Waals surface area contributed by atoms with Crippen molar-refractivity contribution in [3.63, 3.8) is 0 Å². The minimum atomic E-state index is -0.281. The largest absolute Gasteiger partial charge is 0.346 e. The number of nitrogens with one attached hydrogen (secondary N) is 1. The first-order chi connectivity index (χ1) is 19.0. The van der Waals surface area contributed by atoms with Gasteiger partial charge in [0.2, 0.25) is 11.8 Å². The lowest BCUT2D eigenvalue weighted by Gasteiger charge is -2.58. The van der Waals surface area contributed by atoms with Crippen molar-refractivity contribution in [3.05, 3.63) is 41.2 Å². The van der Waals surface area contributed by atoms with Crippen LogP contribution in [0.1, 0.15) is 57.3 Å². The Morgan fingerprint density at radius 2 is 1.90 bits per heavy atom. The fourth-order valence-electron chi connectivity index (χ4n) is 7.20. The summed E-state index contributed by atoms with van der Waals surface area (Å²) in [4.78, 5) is 30.6. The molecule has 0 unspecified atom stereocenters. The third-order valence-electron chi connectivity index (χ3n) is 9.71. The van der Waals surface area contributed by atoms with Gasteiger partial charge in [-0.1, -0.05) is 25.1 Å². The monoisotopic (exact) mass is 563 g/mol. The van der Waals surface area contributed by atoms with Crippen LogP contribution in [0.5, 0.6) is 0 Å². The summed E-state index contributed by atoms with van der Waals surface area (Å²) in [6.07, 6.45) is 6.09. The van der Waals surface area contributed by atoms with Crippen LogP contribution >= 0.6 is 11.6 Å². The van der Waals surface area contributed by atoms with Gasteiger partial charge in [0.25, 0.3) is 0 Å². The van der Waals surface area contributed by atoms with Crippen LogP contribution in [0.25, 0.3) is 22.0 Å². The zero-order valence-corrected chi connectivity index (χ0v) is 24.8. The van der Waals surface area contributed by atoms with Crippen LogP contribution < -0.4 is 4.90 Å². The van der Waals surface area contributed by atoms with Gasteiger partial charge in [-0.05, 0) is 57.7 Å². The molecule has 6 rings (SSSR count). The lowest BCUT2D eigenvalue weighted by Crippen LogP contribution is -2.63. The summed E-state index contributed by atoms with van der Waals surface area (Å²) >= 11 is 7.09.